The molecule has 0 atom stereocenters. The fourth-order valence-corrected chi connectivity index (χ4v) is 2.66. The van der Waals surface area contributed by atoms with Gasteiger partial charge in [0.05, 0.1) is 0 Å². The highest BCUT2D eigenvalue weighted by Gasteiger charge is 2.05. The van der Waals surface area contributed by atoms with Crippen LogP contribution in [0.1, 0.15) is 16.7 Å². The van der Waals surface area contributed by atoms with Gasteiger partial charge in [-0.15, -0.1) is 0 Å². The molecule has 3 rings (SSSR count). The number of rotatable bonds is 6. The third-order valence-electron chi connectivity index (χ3n) is 3.91. The fourth-order valence-electron chi connectivity index (χ4n) is 2.48. The van der Waals surface area contributed by atoms with Gasteiger partial charge in [0.25, 0.3) is 0 Å². The first-order chi connectivity index (χ1) is 12.1. The topological polar surface area (TPSA) is 21.3 Å². The van der Waals surface area contributed by atoms with Crippen LogP contribution in [0.4, 0.5) is 10.1 Å². The summed E-state index contributed by atoms with van der Waals surface area (Å²) in [4.78, 5) is 0. The fraction of sp³-hybridized carbons (Fsp3) is 0.143. The molecule has 0 aromatic heterocycles. The molecule has 128 valence electrons. The number of para-hydroxylation sites is 1. The molecule has 0 fully saturated rings. The van der Waals surface area contributed by atoms with Crippen LogP contribution in [0.25, 0.3) is 0 Å². The van der Waals surface area contributed by atoms with E-state index in [1.54, 1.807) is 6.07 Å². The quantitative estimate of drug-likeness (QED) is 0.587. The Balaban J connectivity index is 1.67. The monoisotopic (exact) mass is 355 g/mol. The minimum Gasteiger partial charge on any atom is -0.489 e. The van der Waals surface area contributed by atoms with Gasteiger partial charge >= 0.3 is 0 Å². The molecule has 0 aliphatic carbocycles. The molecule has 0 saturated carbocycles. The van der Waals surface area contributed by atoms with E-state index in [1.165, 1.54) is 12.1 Å². The number of nitrogens with one attached hydrogen (secondary N) is 1. The number of ether oxygens (including phenoxy) is 1. The average molecular weight is 356 g/mol. The van der Waals surface area contributed by atoms with Gasteiger partial charge in [0.1, 0.15) is 18.2 Å². The maximum absolute atomic E-state index is 13.3. The highest BCUT2D eigenvalue weighted by atomic mass is 35.5. The lowest BCUT2D eigenvalue weighted by molar-refractivity contribution is 0.302. The standard InChI is InChI=1S/C21H19ClFNO/c1-15-9-10-19(12-20(15)22)24-13-17-6-2-3-8-21(17)25-14-16-5-4-7-18(23)11-16/h2-12,24H,13-14H2,1H3. The van der Waals surface area contributed by atoms with E-state index in [4.69, 9.17) is 16.3 Å². The van der Waals surface area contributed by atoms with Crippen molar-refractivity contribution in [1.82, 2.24) is 0 Å². The van der Waals surface area contributed by atoms with Crippen LogP contribution in [0.2, 0.25) is 5.02 Å². The van der Waals surface area contributed by atoms with Crippen LogP contribution in [0.15, 0.2) is 66.7 Å². The normalized spacial score (nSPS) is 10.5. The van der Waals surface area contributed by atoms with Crippen molar-refractivity contribution in [3.05, 3.63) is 94.3 Å². The number of halogens is 2. The van der Waals surface area contributed by atoms with E-state index in [2.05, 4.69) is 5.32 Å². The van der Waals surface area contributed by atoms with Gasteiger partial charge < -0.3 is 10.1 Å². The molecule has 4 heteroatoms. The van der Waals surface area contributed by atoms with Crippen molar-refractivity contribution < 1.29 is 9.13 Å². The maximum Gasteiger partial charge on any atom is 0.124 e. The Morgan fingerprint density at radius 2 is 1.84 bits per heavy atom. The van der Waals surface area contributed by atoms with Crippen molar-refractivity contribution in [2.75, 3.05) is 5.32 Å². The van der Waals surface area contributed by atoms with Gasteiger partial charge in [0.2, 0.25) is 0 Å². The summed E-state index contributed by atoms with van der Waals surface area (Å²) in [5.74, 6) is 0.518. The van der Waals surface area contributed by atoms with Gasteiger partial charge in [-0.2, -0.15) is 0 Å². The summed E-state index contributed by atoms with van der Waals surface area (Å²) < 4.78 is 19.1. The van der Waals surface area contributed by atoms with Gasteiger partial charge in [-0.05, 0) is 48.4 Å². The maximum atomic E-state index is 13.3. The van der Waals surface area contributed by atoms with Crippen LogP contribution < -0.4 is 10.1 Å². The Bertz CT molecular complexity index is 866. The lowest BCUT2D eigenvalue weighted by atomic mass is 10.1. The van der Waals surface area contributed by atoms with Gasteiger partial charge in [0.15, 0.2) is 0 Å². The third-order valence-corrected chi connectivity index (χ3v) is 4.32. The van der Waals surface area contributed by atoms with Gasteiger partial charge in [-0.1, -0.05) is 48.0 Å². The molecule has 0 bridgehead atoms. The summed E-state index contributed by atoms with van der Waals surface area (Å²) in [5.41, 5.74) is 3.82. The Kier molecular flexibility index (Phi) is 5.56. The van der Waals surface area contributed by atoms with Crippen molar-refractivity contribution in [3.63, 3.8) is 0 Å². The van der Waals surface area contributed by atoms with Gasteiger partial charge in [-0.3, -0.25) is 0 Å². The zero-order chi connectivity index (χ0) is 17.6. The van der Waals surface area contributed by atoms with E-state index < -0.39 is 0 Å². The summed E-state index contributed by atoms with van der Waals surface area (Å²) in [6.07, 6.45) is 0. The smallest absolute Gasteiger partial charge is 0.124 e. The Morgan fingerprint density at radius 1 is 1.00 bits per heavy atom. The number of benzene rings is 3. The third kappa shape index (κ3) is 4.74. The second-order valence-corrected chi connectivity index (χ2v) is 6.25. The number of anilines is 1. The molecule has 0 unspecified atom stereocenters. The zero-order valence-corrected chi connectivity index (χ0v) is 14.7. The van der Waals surface area contributed by atoms with E-state index in [0.717, 1.165) is 33.1 Å². The van der Waals surface area contributed by atoms with E-state index in [-0.39, 0.29) is 5.82 Å². The largest absolute Gasteiger partial charge is 0.489 e. The van der Waals surface area contributed by atoms with E-state index in [9.17, 15) is 4.39 Å². The molecular weight excluding hydrogens is 337 g/mol. The molecule has 3 aromatic carbocycles. The minimum atomic E-state index is -0.257. The van der Waals surface area contributed by atoms with Gasteiger partial charge in [0, 0.05) is 22.8 Å². The molecule has 2 nitrogen and oxygen atoms in total. The predicted octanol–water partition coefficient (Wildman–Crippen LogP) is 5.98. The first-order valence-corrected chi connectivity index (χ1v) is 8.45. The van der Waals surface area contributed by atoms with Crippen LogP contribution in [0.3, 0.4) is 0 Å². The number of aryl methyl sites for hydroxylation is 1. The van der Waals surface area contributed by atoms with E-state index in [0.29, 0.717) is 13.2 Å². The van der Waals surface area contributed by atoms with Crippen LogP contribution in [0, 0.1) is 12.7 Å². The summed E-state index contributed by atoms with van der Waals surface area (Å²) >= 11 is 6.16. The molecule has 0 amide bonds. The molecule has 0 aliphatic rings. The highest BCUT2D eigenvalue weighted by Crippen LogP contribution is 2.23. The lowest BCUT2D eigenvalue weighted by Gasteiger charge is -2.13. The Labute approximate surface area is 152 Å². The lowest BCUT2D eigenvalue weighted by Crippen LogP contribution is -2.04. The second-order valence-electron chi connectivity index (χ2n) is 5.84. The number of hydrogen-bond acceptors (Lipinski definition) is 2. The molecule has 25 heavy (non-hydrogen) atoms. The van der Waals surface area contributed by atoms with Crippen LogP contribution in [0.5, 0.6) is 5.75 Å². The van der Waals surface area contributed by atoms with Crippen molar-refractivity contribution in [1.29, 1.82) is 0 Å². The molecule has 0 heterocycles. The Hall–Kier alpha value is -2.52. The summed E-state index contributed by atoms with van der Waals surface area (Å²) in [5, 5.41) is 4.09. The predicted molar refractivity (Wildman–Crippen MR) is 101 cm³/mol. The zero-order valence-electron chi connectivity index (χ0n) is 13.9. The molecule has 0 saturated heterocycles. The van der Waals surface area contributed by atoms with E-state index in [1.807, 2.05) is 55.5 Å². The van der Waals surface area contributed by atoms with Crippen LogP contribution in [-0.2, 0) is 13.2 Å². The van der Waals surface area contributed by atoms with Gasteiger partial charge in [-0.25, -0.2) is 4.39 Å². The summed E-state index contributed by atoms with van der Waals surface area (Å²) in [6, 6.07) is 20.1. The second kappa shape index (κ2) is 8.04. The molecule has 0 radical (unpaired) electrons. The first-order valence-electron chi connectivity index (χ1n) is 8.07. The Morgan fingerprint density at radius 3 is 2.64 bits per heavy atom. The first kappa shape index (κ1) is 17.3. The van der Waals surface area contributed by atoms with Crippen molar-refractivity contribution >= 4 is 17.3 Å². The van der Waals surface area contributed by atoms with Crippen molar-refractivity contribution in [3.8, 4) is 5.75 Å². The minimum absolute atomic E-state index is 0.257. The summed E-state index contributed by atoms with van der Waals surface area (Å²) in [7, 11) is 0. The number of hydrogen-bond donors (Lipinski definition) is 1. The highest BCUT2D eigenvalue weighted by molar-refractivity contribution is 6.31. The van der Waals surface area contributed by atoms with E-state index >= 15 is 0 Å². The average Bonchev–Trinajstić information content (AvgIpc) is 2.62. The van der Waals surface area contributed by atoms with Crippen molar-refractivity contribution in [2.45, 2.75) is 20.1 Å². The molecule has 1 N–H and O–H groups in total. The molecule has 0 aliphatic heterocycles. The summed E-state index contributed by atoms with van der Waals surface area (Å²) in [6.45, 7) is 2.91. The van der Waals surface area contributed by atoms with Crippen LogP contribution in [-0.4, -0.2) is 0 Å². The molecule has 0 spiro atoms. The SMILES string of the molecule is Cc1ccc(NCc2ccccc2OCc2cccc(F)c2)cc1Cl. The molecular formula is C21H19ClFNO. The molecule has 3 aromatic rings. The van der Waals surface area contributed by atoms with Crippen molar-refractivity contribution in [2.24, 2.45) is 0 Å². The van der Waals surface area contributed by atoms with Crippen LogP contribution >= 0.6 is 11.6 Å².